The van der Waals surface area contributed by atoms with Gasteiger partial charge in [0.1, 0.15) is 6.04 Å². The summed E-state index contributed by atoms with van der Waals surface area (Å²) in [5.41, 5.74) is 0. The van der Waals surface area contributed by atoms with E-state index in [0.717, 1.165) is 18.8 Å². The van der Waals surface area contributed by atoms with E-state index in [2.05, 4.69) is 12.2 Å². The normalized spacial score (nSPS) is 34.7. The van der Waals surface area contributed by atoms with Crippen LogP contribution in [0.3, 0.4) is 0 Å². The van der Waals surface area contributed by atoms with Gasteiger partial charge in [0, 0.05) is 6.04 Å². The van der Waals surface area contributed by atoms with E-state index in [-0.39, 0.29) is 30.4 Å². The monoisotopic (exact) mass is 238 g/mol. The number of nitrogens with zero attached hydrogens (tertiary/aromatic N) is 1. The Labute approximate surface area is 103 Å². The molecule has 1 atom stereocenters. The number of amides is 2. The summed E-state index contributed by atoms with van der Waals surface area (Å²) in [7, 11) is 0. The molecular formula is C13H22N2O2. The fourth-order valence-corrected chi connectivity index (χ4v) is 3.03. The highest BCUT2D eigenvalue weighted by Crippen LogP contribution is 2.29. The number of nitrogens with one attached hydrogen (secondary N) is 1. The van der Waals surface area contributed by atoms with Crippen molar-refractivity contribution in [1.82, 2.24) is 10.2 Å². The Bertz CT molecular complexity index is 309. The summed E-state index contributed by atoms with van der Waals surface area (Å²) in [6.45, 7) is 4.42. The molecular weight excluding hydrogens is 216 g/mol. The van der Waals surface area contributed by atoms with Gasteiger partial charge in [-0.3, -0.25) is 9.59 Å². The molecule has 0 radical (unpaired) electrons. The van der Waals surface area contributed by atoms with E-state index in [9.17, 15) is 9.59 Å². The van der Waals surface area contributed by atoms with Gasteiger partial charge in [-0.15, -0.1) is 0 Å². The topological polar surface area (TPSA) is 49.4 Å². The molecule has 1 aliphatic heterocycles. The van der Waals surface area contributed by atoms with Crippen LogP contribution in [0.25, 0.3) is 0 Å². The Morgan fingerprint density at radius 2 is 1.88 bits per heavy atom. The van der Waals surface area contributed by atoms with Crippen LogP contribution in [-0.2, 0) is 9.59 Å². The number of rotatable bonds is 2. The lowest BCUT2D eigenvalue weighted by molar-refractivity contribution is -0.149. The van der Waals surface area contributed by atoms with Gasteiger partial charge < -0.3 is 10.2 Å². The zero-order chi connectivity index (χ0) is 12.4. The summed E-state index contributed by atoms with van der Waals surface area (Å²) >= 11 is 0. The van der Waals surface area contributed by atoms with Crippen LogP contribution in [-0.4, -0.2) is 35.3 Å². The Morgan fingerprint density at radius 3 is 2.47 bits per heavy atom. The maximum atomic E-state index is 12.0. The van der Waals surface area contributed by atoms with Gasteiger partial charge in [0.05, 0.1) is 6.54 Å². The zero-order valence-electron chi connectivity index (χ0n) is 10.7. The zero-order valence-corrected chi connectivity index (χ0v) is 10.7. The van der Waals surface area contributed by atoms with Crippen LogP contribution in [0.4, 0.5) is 0 Å². The molecule has 2 aliphatic rings. The Morgan fingerprint density at radius 1 is 1.24 bits per heavy atom. The molecule has 1 heterocycles. The lowest BCUT2D eigenvalue weighted by atomic mass is 9.85. The molecule has 4 nitrogen and oxygen atoms in total. The lowest BCUT2D eigenvalue weighted by Crippen LogP contribution is -2.61. The van der Waals surface area contributed by atoms with Gasteiger partial charge in [-0.25, -0.2) is 0 Å². The predicted octanol–water partition coefficient (Wildman–Crippen LogP) is 1.30. The van der Waals surface area contributed by atoms with Crippen LogP contribution in [0.15, 0.2) is 0 Å². The molecule has 0 bridgehead atoms. The van der Waals surface area contributed by atoms with Crippen LogP contribution in [0, 0.1) is 5.92 Å². The fraction of sp³-hybridized carbons (Fsp3) is 0.846. The Kier molecular flexibility index (Phi) is 3.69. The summed E-state index contributed by atoms with van der Waals surface area (Å²) in [4.78, 5) is 25.7. The molecule has 1 N–H and O–H groups in total. The van der Waals surface area contributed by atoms with Crippen molar-refractivity contribution in [3.8, 4) is 0 Å². The summed E-state index contributed by atoms with van der Waals surface area (Å²) in [5.74, 6) is 0.877. The average Bonchev–Trinajstić information content (AvgIpc) is 2.33. The largest absolute Gasteiger partial charge is 0.345 e. The smallest absolute Gasteiger partial charge is 0.243 e. The van der Waals surface area contributed by atoms with Gasteiger partial charge in [-0.05, 0) is 38.0 Å². The number of carbonyl (C=O) groups is 2. The summed E-state index contributed by atoms with van der Waals surface area (Å²) in [6, 6.07) is 0.0457. The second-order valence-electron chi connectivity index (χ2n) is 5.36. The molecule has 2 amide bonds. The molecule has 2 fully saturated rings. The van der Waals surface area contributed by atoms with E-state index < -0.39 is 0 Å². The van der Waals surface area contributed by atoms with E-state index in [1.807, 2.05) is 11.8 Å². The molecule has 96 valence electrons. The third kappa shape index (κ3) is 2.45. The summed E-state index contributed by atoms with van der Waals surface area (Å²) in [6.07, 6.45) is 5.16. The first-order chi connectivity index (χ1) is 8.13. The van der Waals surface area contributed by atoms with E-state index in [0.29, 0.717) is 6.42 Å². The van der Waals surface area contributed by atoms with Crippen molar-refractivity contribution < 1.29 is 9.59 Å². The second-order valence-corrected chi connectivity index (χ2v) is 5.36. The second kappa shape index (κ2) is 5.07. The minimum atomic E-state index is -0.241. The van der Waals surface area contributed by atoms with Crippen molar-refractivity contribution in [2.24, 2.45) is 5.92 Å². The van der Waals surface area contributed by atoms with Crippen LogP contribution < -0.4 is 5.32 Å². The van der Waals surface area contributed by atoms with Gasteiger partial charge in [0.15, 0.2) is 0 Å². The van der Waals surface area contributed by atoms with Gasteiger partial charge in [0.2, 0.25) is 11.8 Å². The molecule has 0 spiro atoms. The fourth-order valence-electron chi connectivity index (χ4n) is 3.03. The highest BCUT2D eigenvalue weighted by Gasteiger charge is 2.38. The van der Waals surface area contributed by atoms with Gasteiger partial charge in [-0.2, -0.15) is 0 Å². The average molecular weight is 238 g/mol. The lowest BCUT2D eigenvalue weighted by Gasteiger charge is -2.42. The molecule has 1 unspecified atom stereocenters. The highest BCUT2D eigenvalue weighted by molar-refractivity contribution is 5.94. The van der Waals surface area contributed by atoms with Gasteiger partial charge in [0.25, 0.3) is 0 Å². The predicted molar refractivity (Wildman–Crippen MR) is 65.4 cm³/mol. The molecule has 2 rings (SSSR count). The van der Waals surface area contributed by atoms with Crippen LogP contribution >= 0.6 is 0 Å². The third-order valence-electron chi connectivity index (χ3n) is 4.11. The minimum absolute atomic E-state index is 0.0192. The first-order valence-electron chi connectivity index (χ1n) is 6.72. The SMILES string of the molecule is CCC1C(=O)NCC(=O)N1C1CCC(C)CC1. The number of piperazine rings is 1. The number of hydrogen-bond acceptors (Lipinski definition) is 2. The van der Waals surface area contributed by atoms with E-state index >= 15 is 0 Å². The Balaban J connectivity index is 2.09. The molecule has 0 aromatic carbocycles. The molecule has 1 saturated carbocycles. The Hall–Kier alpha value is -1.06. The van der Waals surface area contributed by atoms with Crippen LogP contribution in [0.5, 0.6) is 0 Å². The molecule has 17 heavy (non-hydrogen) atoms. The maximum Gasteiger partial charge on any atom is 0.243 e. The standard InChI is InChI=1S/C13H22N2O2/c1-3-11-13(17)14-8-12(16)15(11)10-6-4-9(2)5-7-10/h9-11H,3-8H2,1-2H3,(H,14,17). The first kappa shape index (κ1) is 12.4. The molecule has 1 aliphatic carbocycles. The third-order valence-corrected chi connectivity index (χ3v) is 4.11. The van der Waals surface area contributed by atoms with Crippen molar-refractivity contribution >= 4 is 11.8 Å². The molecule has 0 aromatic heterocycles. The van der Waals surface area contributed by atoms with E-state index in [1.54, 1.807) is 0 Å². The molecule has 1 saturated heterocycles. The van der Waals surface area contributed by atoms with Crippen molar-refractivity contribution in [3.63, 3.8) is 0 Å². The summed E-state index contributed by atoms with van der Waals surface area (Å²) < 4.78 is 0. The quantitative estimate of drug-likeness (QED) is 0.788. The number of carbonyl (C=O) groups excluding carboxylic acids is 2. The van der Waals surface area contributed by atoms with Crippen molar-refractivity contribution in [2.45, 2.75) is 58.0 Å². The molecule has 0 aromatic rings. The maximum absolute atomic E-state index is 12.0. The van der Waals surface area contributed by atoms with Gasteiger partial charge >= 0.3 is 0 Å². The highest BCUT2D eigenvalue weighted by atomic mass is 16.2. The van der Waals surface area contributed by atoms with Gasteiger partial charge in [-0.1, -0.05) is 13.8 Å². The van der Waals surface area contributed by atoms with E-state index in [1.165, 1.54) is 12.8 Å². The van der Waals surface area contributed by atoms with Crippen LogP contribution in [0.1, 0.15) is 46.0 Å². The van der Waals surface area contributed by atoms with Crippen molar-refractivity contribution in [1.29, 1.82) is 0 Å². The van der Waals surface area contributed by atoms with Crippen LogP contribution in [0.2, 0.25) is 0 Å². The molecule has 4 heteroatoms. The van der Waals surface area contributed by atoms with E-state index in [4.69, 9.17) is 0 Å². The summed E-state index contributed by atoms with van der Waals surface area (Å²) in [5, 5.41) is 2.68. The first-order valence-corrected chi connectivity index (χ1v) is 6.72. The minimum Gasteiger partial charge on any atom is -0.345 e. The van der Waals surface area contributed by atoms with Crippen molar-refractivity contribution in [3.05, 3.63) is 0 Å². The van der Waals surface area contributed by atoms with Crippen molar-refractivity contribution in [2.75, 3.05) is 6.54 Å². The number of hydrogen-bond donors (Lipinski definition) is 1.